The van der Waals surface area contributed by atoms with Gasteiger partial charge in [0.05, 0.1) is 5.69 Å². The normalized spacial score (nSPS) is 25.3. The summed E-state index contributed by atoms with van der Waals surface area (Å²) in [6.45, 7) is 4.34. The van der Waals surface area contributed by atoms with Gasteiger partial charge >= 0.3 is 0 Å². The van der Waals surface area contributed by atoms with Crippen molar-refractivity contribution in [3.63, 3.8) is 0 Å². The summed E-state index contributed by atoms with van der Waals surface area (Å²) in [5.74, 6) is 1.56. The van der Waals surface area contributed by atoms with Gasteiger partial charge in [0.2, 0.25) is 0 Å². The van der Waals surface area contributed by atoms with Crippen LogP contribution in [0.5, 0.6) is 0 Å². The lowest BCUT2D eigenvalue weighted by molar-refractivity contribution is 0.456. The van der Waals surface area contributed by atoms with Gasteiger partial charge in [-0.05, 0) is 37.3 Å². The Balaban J connectivity index is 2.08. The third kappa shape index (κ3) is 3.11. The Kier molecular flexibility index (Phi) is 3.87. The van der Waals surface area contributed by atoms with E-state index in [1.807, 2.05) is 19.2 Å². The first kappa shape index (κ1) is 12.2. The fraction of sp³-hybridized carbons (Fsp3) is 0.643. The standard InChI is InChI=1S/C14H23N3/c1-10-8-12(15)14(16-9-10)17-13-7-5-3-4-6-11(13)2/h8-9,11,13H,3-7,15H2,1-2H3,(H,16,17). The van der Waals surface area contributed by atoms with Crippen molar-refractivity contribution in [1.82, 2.24) is 4.98 Å². The first-order valence-electron chi connectivity index (χ1n) is 6.65. The molecular weight excluding hydrogens is 210 g/mol. The molecule has 2 rings (SSSR count). The van der Waals surface area contributed by atoms with E-state index in [9.17, 15) is 0 Å². The monoisotopic (exact) mass is 233 g/mol. The van der Waals surface area contributed by atoms with Gasteiger partial charge in [-0.15, -0.1) is 0 Å². The van der Waals surface area contributed by atoms with E-state index in [0.29, 0.717) is 12.0 Å². The molecule has 1 aliphatic carbocycles. The van der Waals surface area contributed by atoms with Gasteiger partial charge in [-0.2, -0.15) is 0 Å². The lowest BCUT2D eigenvalue weighted by atomic mass is 9.97. The highest BCUT2D eigenvalue weighted by molar-refractivity contribution is 5.62. The molecule has 2 unspecified atom stereocenters. The highest BCUT2D eigenvalue weighted by Gasteiger charge is 2.20. The number of anilines is 2. The van der Waals surface area contributed by atoms with E-state index >= 15 is 0 Å². The number of aryl methyl sites for hydroxylation is 1. The maximum Gasteiger partial charge on any atom is 0.149 e. The molecule has 0 amide bonds. The van der Waals surface area contributed by atoms with Crippen molar-refractivity contribution in [2.24, 2.45) is 5.92 Å². The van der Waals surface area contributed by atoms with Crippen molar-refractivity contribution in [3.8, 4) is 0 Å². The van der Waals surface area contributed by atoms with Crippen LogP contribution in [0.25, 0.3) is 0 Å². The molecule has 1 fully saturated rings. The van der Waals surface area contributed by atoms with Gasteiger partial charge < -0.3 is 11.1 Å². The minimum Gasteiger partial charge on any atom is -0.396 e. The van der Waals surface area contributed by atoms with E-state index in [0.717, 1.165) is 17.1 Å². The van der Waals surface area contributed by atoms with Gasteiger partial charge in [0, 0.05) is 12.2 Å². The number of nitrogens with two attached hydrogens (primary N) is 1. The summed E-state index contributed by atoms with van der Waals surface area (Å²) < 4.78 is 0. The zero-order valence-electron chi connectivity index (χ0n) is 10.9. The SMILES string of the molecule is Cc1cnc(NC2CCCCCC2C)c(N)c1. The number of nitrogen functional groups attached to an aromatic ring is 1. The zero-order chi connectivity index (χ0) is 12.3. The Labute approximate surface area is 104 Å². The van der Waals surface area contributed by atoms with Crippen LogP contribution >= 0.6 is 0 Å². The number of hydrogen-bond donors (Lipinski definition) is 2. The Morgan fingerprint density at radius 3 is 2.82 bits per heavy atom. The number of nitrogens with one attached hydrogen (secondary N) is 1. The van der Waals surface area contributed by atoms with Gasteiger partial charge in [-0.1, -0.05) is 26.2 Å². The minimum atomic E-state index is 0.523. The molecule has 0 radical (unpaired) electrons. The molecule has 17 heavy (non-hydrogen) atoms. The third-order valence-corrected chi connectivity index (χ3v) is 3.74. The van der Waals surface area contributed by atoms with Crippen LogP contribution in [0.15, 0.2) is 12.3 Å². The van der Waals surface area contributed by atoms with Crippen molar-refractivity contribution >= 4 is 11.5 Å². The smallest absolute Gasteiger partial charge is 0.149 e. The topological polar surface area (TPSA) is 50.9 Å². The molecule has 0 aromatic carbocycles. The second-order valence-electron chi connectivity index (χ2n) is 5.32. The Morgan fingerprint density at radius 2 is 2.06 bits per heavy atom. The van der Waals surface area contributed by atoms with Gasteiger partial charge in [0.15, 0.2) is 0 Å². The number of pyridine rings is 1. The van der Waals surface area contributed by atoms with Crippen LogP contribution in [0, 0.1) is 12.8 Å². The predicted molar refractivity (Wildman–Crippen MR) is 73.0 cm³/mol. The summed E-state index contributed by atoms with van der Waals surface area (Å²) >= 11 is 0. The lowest BCUT2D eigenvalue weighted by Crippen LogP contribution is -2.27. The molecule has 3 nitrogen and oxygen atoms in total. The minimum absolute atomic E-state index is 0.523. The molecule has 2 atom stereocenters. The third-order valence-electron chi connectivity index (χ3n) is 3.74. The van der Waals surface area contributed by atoms with Gasteiger partial charge in [-0.25, -0.2) is 4.98 Å². The van der Waals surface area contributed by atoms with Crippen LogP contribution in [-0.4, -0.2) is 11.0 Å². The van der Waals surface area contributed by atoms with Crippen LogP contribution in [-0.2, 0) is 0 Å². The summed E-state index contributed by atoms with van der Waals surface area (Å²) in [6.07, 6.45) is 8.45. The van der Waals surface area contributed by atoms with Gasteiger partial charge in [-0.3, -0.25) is 0 Å². The molecule has 1 aliphatic rings. The molecule has 0 saturated heterocycles. The summed E-state index contributed by atoms with van der Waals surface area (Å²) in [4.78, 5) is 4.40. The maximum atomic E-state index is 6.00. The van der Waals surface area contributed by atoms with E-state index in [4.69, 9.17) is 5.73 Å². The van der Waals surface area contributed by atoms with Crippen molar-refractivity contribution in [2.45, 2.75) is 52.0 Å². The largest absolute Gasteiger partial charge is 0.396 e. The Bertz CT molecular complexity index is 376. The molecule has 3 heteroatoms. The van der Waals surface area contributed by atoms with Crippen LogP contribution < -0.4 is 11.1 Å². The van der Waals surface area contributed by atoms with Gasteiger partial charge in [0.1, 0.15) is 5.82 Å². The van der Waals surface area contributed by atoms with E-state index in [1.165, 1.54) is 32.1 Å². The molecule has 0 spiro atoms. The highest BCUT2D eigenvalue weighted by Crippen LogP contribution is 2.27. The van der Waals surface area contributed by atoms with E-state index in [-0.39, 0.29) is 0 Å². The number of nitrogens with zero attached hydrogens (tertiary/aromatic N) is 1. The fourth-order valence-electron chi connectivity index (χ4n) is 2.60. The van der Waals surface area contributed by atoms with E-state index in [2.05, 4.69) is 17.2 Å². The summed E-state index contributed by atoms with van der Waals surface area (Å²) in [5, 5.41) is 3.53. The van der Waals surface area contributed by atoms with E-state index < -0.39 is 0 Å². The number of hydrogen-bond acceptors (Lipinski definition) is 3. The van der Waals surface area contributed by atoms with Crippen molar-refractivity contribution in [1.29, 1.82) is 0 Å². The predicted octanol–water partition coefficient (Wildman–Crippen LogP) is 3.35. The fourth-order valence-corrected chi connectivity index (χ4v) is 2.60. The zero-order valence-corrected chi connectivity index (χ0v) is 10.9. The van der Waals surface area contributed by atoms with Crippen LogP contribution in [0.1, 0.15) is 44.6 Å². The maximum absolute atomic E-state index is 6.00. The number of aromatic nitrogens is 1. The summed E-state index contributed by atoms with van der Waals surface area (Å²) in [7, 11) is 0. The molecule has 1 aromatic heterocycles. The second-order valence-corrected chi connectivity index (χ2v) is 5.32. The molecule has 0 bridgehead atoms. The first-order valence-corrected chi connectivity index (χ1v) is 6.65. The molecule has 0 aliphatic heterocycles. The molecular formula is C14H23N3. The van der Waals surface area contributed by atoms with Crippen molar-refractivity contribution < 1.29 is 0 Å². The summed E-state index contributed by atoms with van der Waals surface area (Å²) in [5.41, 5.74) is 7.88. The molecule has 1 aromatic rings. The lowest BCUT2D eigenvalue weighted by Gasteiger charge is -2.24. The first-order chi connectivity index (χ1) is 8.16. The van der Waals surface area contributed by atoms with Crippen LogP contribution in [0.2, 0.25) is 0 Å². The molecule has 1 saturated carbocycles. The number of rotatable bonds is 2. The van der Waals surface area contributed by atoms with Gasteiger partial charge in [0.25, 0.3) is 0 Å². The second kappa shape index (κ2) is 5.39. The van der Waals surface area contributed by atoms with Crippen LogP contribution in [0.3, 0.4) is 0 Å². The molecule has 3 N–H and O–H groups in total. The average Bonchev–Trinajstić information content (AvgIpc) is 2.48. The van der Waals surface area contributed by atoms with E-state index in [1.54, 1.807) is 0 Å². The Hall–Kier alpha value is -1.25. The molecule has 1 heterocycles. The van der Waals surface area contributed by atoms with Crippen LogP contribution in [0.4, 0.5) is 11.5 Å². The van der Waals surface area contributed by atoms with Crippen molar-refractivity contribution in [2.75, 3.05) is 11.1 Å². The summed E-state index contributed by atoms with van der Waals surface area (Å²) in [6, 6.07) is 2.51. The Morgan fingerprint density at radius 1 is 1.29 bits per heavy atom. The van der Waals surface area contributed by atoms with Crippen molar-refractivity contribution in [3.05, 3.63) is 17.8 Å². The highest BCUT2D eigenvalue weighted by atomic mass is 15.0. The average molecular weight is 233 g/mol. The quantitative estimate of drug-likeness (QED) is 0.770. The molecule has 94 valence electrons.